The lowest BCUT2D eigenvalue weighted by atomic mass is 10.0. The number of hydrogen-bond acceptors (Lipinski definition) is 2. The molecule has 3 aromatic rings. The largest absolute Gasteiger partial charge is 0.255 e. The van der Waals surface area contributed by atoms with E-state index in [0.717, 1.165) is 9.48 Å². The summed E-state index contributed by atoms with van der Waals surface area (Å²) in [6.45, 7) is 4.25. The molecular formula is C15H12BrNS. The summed E-state index contributed by atoms with van der Waals surface area (Å²) in [7, 11) is 0. The van der Waals surface area contributed by atoms with Crippen molar-refractivity contribution in [2.24, 2.45) is 0 Å². The van der Waals surface area contributed by atoms with Gasteiger partial charge in [-0.2, -0.15) is 0 Å². The van der Waals surface area contributed by atoms with E-state index in [1.54, 1.807) is 11.3 Å². The molecule has 0 N–H and O–H groups in total. The molecule has 0 bridgehead atoms. The Morgan fingerprint density at radius 2 is 1.78 bits per heavy atom. The molecule has 0 saturated heterocycles. The smallest absolute Gasteiger partial charge is 0.0880 e. The molecule has 1 nitrogen and oxygen atoms in total. The minimum Gasteiger partial charge on any atom is -0.255 e. The number of benzene rings is 1. The van der Waals surface area contributed by atoms with Crippen molar-refractivity contribution in [3.63, 3.8) is 0 Å². The van der Waals surface area contributed by atoms with E-state index in [1.165, 1.54) is 26.8 Å². The van der Waals surface area contributed by atoms with Crippen LogP contribution in [0.3, 0.4) is 0 Å². The molecule has 0 fully saturated rings. The Kier molecular flexibility index (Phi) is 2.96. The van der Waals surface area contributed by atoms with Crippen molar-refractivity contribution in [2.75, 3.05) is 0 Å². The second kappa shape index (κ2) is 4.48. The summed E-state index contributed by atoms with van der Waals surface area (Å²) >= 11 is 5.29. The van der Waals surface area contributed by atoms with Crippen molar-refractivity contribution in [3.05, 3.63) is 51.4 Å². The Balaban J connectivity index is 2.30. The molecule has 1 aromatic carbocycles. The lowest BCUT2D eigenvalue weighted by Crippen LogP contribution is -1.86. The van der Waals surface area contributed by atoms with Crippen LogP contribution in [0.4, 0.5) is 0 Å². The number of aryl methyl sites for hydroxylation is 2. The molecule has 3 heteroatoms. The number of nitrogens with zero attached hydrogens (tertiary/aromatic N) is 1. The van der Waals surface area contributed by atoms with E-state index >= 15 is 0 Å². The fourth-order valence-corrected chi connectivity index (χ4v) is 3.88. The summed E-state index contributed by atoms with van der Waals surface area (Å²) in [5, 5.41) is 1.25. The molecule has 0 aliphatic carbocycles. The molecule has 18 heavy (non-hydrogen) atoms. The van der Waals surface area contributed by atoms with Crippen LogP contribution in [-0.2, 0) is 0 Å². The minimum atomic E-state index is 1.08. The van der Waals surface area contributed by atoms with Crippen molar-refractivity contribution in [3.8, 4) is 11.3 Å². The van der Waals surface area contributed by atoms with Gasteiger partial charge in [-0.1, -0.05) is 17.2 Å². The fourth-order valence-electron chi connectivity index (χ4n) is 2.25. The van der Waals surface area contributed by atoms with Crippen molar-refractivity contribution in [1.82, 2.24) is 4.98 Å². The zero-order valence-corrected chi connectivity index (χ0v) is 12.6. The highest BCUT2D eigenvalue weighted by Gasteiger charge is 2.09. The second-order valence-electron chi connectivity index (χ2n) is 4.50. The van der Waals surface area contributed by atoms with Gasteiger partial charge >= 0.3 is 0 Å². The molecule has 0 aliphatic rings. The van der Waals surface area contributed by atoms with E-state index in [1.807, 2.05) is 6.20 Å². The van der Waals surface area contributed by atoms with Gasteiger partial charge in [0.25, 0.3) is 0 Å². The first-order chi connectivity index (χ1) is 8.63. The Labute approximate surface area is 119 Å². The highest BCUT2D eigenvalue weighted by atomic mass is 79.9. The number of thiophene rings is 1. The van der Waals surface area contributed by atoms with Crippen LogP contribution in [0.1, 0.15) is 11.1 Å². The standard InChI is InChI=1S/C15H12BrNS/c1-9-5-10(2)7-12(6-9)14-15-11(3-4-17-14)8-13(16)18-15/h3-8H,1-2H3. The van der Waals surface area contributed by atoms with Crippen LogP contribution in [0.5, 0.6) is 0 Å². The first kappa shape index (κ1) is 11.9. The number of fused-ring (bicyclic) bond motifs is 1. The normalized spacial score (nSPS) is 11.1. The van der Waals surface area contributed by atoms with Gasteiger partial charge in [0, 0.05) is 11.8 Å². The summed E-state index contributed by atoms with van der Waals surface area (Å²) in [5.74, 6) is 0. The van der Waals surface area contributed by atoms with Crippen LogP contribution in [0.15, 0.2) is 40.3 Å². The SMILES string of the molecule is Cc1cc(C)cc(-c2nccc3cc(Br)sc23)c1. The van der Waals surface area contributed by atoms with E-state index in [9.17, 15) is 0 Å². The maximum absolute atomic E-state index is 4.56. The molecule has 0 unspecified atom stereocenters. The van der Waals surface area contributed by atoms with E-state index in [0.29, 0.717) is 0 Å². The van der Waals surface area contributed by atoms with E-state index in [2.05, 4.69) is 65.1 Å². The van der Waals surface area contributed by atoms with Gasteiger partial charge < -0.3 is 0 Å². The van der Waals surface area contributed by atoms with Crippen LogP contribution in [0, 0.1) is 13.8 Å². The summed E-state index contributed by atoms with van der Waals surface area (Å²) in [6.07, 6.45) is 1.88. The third-order valence-electron chi connectivity index (χ3n) is 2.90. The van der Waals surface area contributed by atoms with Gasteiger partial charge in [-0.3, -0.25) is 4.98 Å². The fraction of sp³-hybridized carbons (Fsp3) is 0.133. The Bertz CT molecular complexity index is 710. The van der Waals surface area contributed by atoms with Crippen LogP contribution in [0.25, 0.3) is 21.3 Å². The molecule has 2 heterocycles. The number of rotatable bonds is 1. The third kappa shape index (κ3) is 2.08. The summed E-state index contributed by atoms with van der Waals surface area (Å²) in [4.78, 5) is 4.56. The molecule has 0 spiro atoms. The van der Waals surface area contributed by atoms with Crippen LogP contribution < -0.4 is 0 Å². The molecule has 3 rings (SSSR count). The molecule has 0 saturated carbocycles. The van der Waals surface area contributed by atoms with Gasteiger partial charge in [0.15, 0.2) is 0 Å². The molecule has 0 atom stereocenters. The van der Waals surface area contributed by atoms with Gasteiger partial charge in [-0.25, -0.2) is 0 Å². The summed E-state index contributed by atoms with van der Waals surface area (Å²) in [5.41, 5.74) is 4.83. The maximum atomic E-state index is 4.56. The average Bonchev–Trinajstić information content (AvgIpc) is 2.67. The zero-order chi connectivity index (χ0) is 12.7. The van der Waals surface area contributed by atoms with E-state index in [-0.39, 0.29) is 0 Å². The summed E-state index contributed by atoms with van der Waals surface area (Å²) < 4.78 is 2.39. The second-order valence-corrected chi connectivity index (χ2v) is 6.94. The highest BCUT2D eigenvalue weighted by molar-refractivity contribution is 9.11. The quantitative estimate of drug-likeness (QED) is 0.590. The molecule has 90 valence electrons. The predicted molar refractivity (Wildman–Crippen MR) is 82.2 cm³/mol. The van der Waals surface area contributed by atoms with Crippen molar-refractivity contribution >= 4 is 37.4 Å². The first-order valence-corrected chi connectivity index (χ1v) is 7.37. The van der Waals surface area contributed by atoms with Crippen LogP contribution >= 0.6 is 27.3 Å². The number of hydrogen-bond donors (Lipinski definition) is 0. The topological polar surface area (TPSA) is 12.9 Å². The highest BCUT2D eigenvalue weighted by Crippen LogP contribution is 2.36. The van der Waals surface area contributed by atoms with Gasteiger partial charge in [-0.05, 0) is 59.4 Å². The lowest BCUT2D eigenvalue weighted by molar-refractivity contribution is 1.33. The molecule has 0 radical (unpaired) electrons. The first-order valence-electron chi connectivity index (χ1n) is 5.76. The molecule has 0 amide bonds. The summed E-state index contributed by atoms with van der Waals surface area (Å²) in [6, 6.07) is 10.8. The zero-order valence-electron chi connectivity index (χ0n) is 10.2. The molecular weight excluding hydrogens is 306 g/mol. The van der Waals surface area contributed by atoms with Crippen molar-refractivity contribution in [2.45, 2.75) is 13.8 Å². The lowest BCUT2D eigenvalue weighted by Gasteiger charge is -2.05. The Morgan fingerprint density at radius 3 is 2.50 bits per heavy atom. The predicted octanol–water partition coefficient (Wildman–Crippen LogP) is 5.34. The Morgan fingerprint density at radius 1 is 1.06 bits per heavy atom. The Hall–Kier alpha value is -1.19. The number of halogens is 1. The van der Waals surface area contributed by atoms with Gasteiger partial charge in [0.05, 0.1) is 14.2 Å². The number of pyridine rings is 1. The van der Waals surface area contributed by atoms with Crippen molar-refractivity contribution < 1.29 is 0 Å². The number of aromatic nitrogens is 1. The van der Waals surface area contributed by atoms with Crippen LogP contribution in [0.2, 0.25) is 0 Å². The minimum absolute atomic E-state index is 1.08. The molecule has 0 aliphatic heterocycles. The van der Waals surface area contributed by atoms with Gasteiger partial charge in [0.2, 0.25) is 0 Å². The maximum Gasteiger partial charge on any atom is 0.0880 e. The average molecular weight is 318 g/mol. The van der Waals surface area contributed by atoms with E-state index < -0.39 is 0 Å². The monoisotopic (exact) mass is 317 g/mol. The third-order valence-corrected chi connectivity index (χ3v) is 4.56. The van der Waals surface area contributed by atoms with Gasteiger partial charge in [0.1, 0.15) is 0 Å². The van der Waals surface area contributed by atoms with Crippen LogP contribution in [-0.4, -0.2) is 4.98 Å². The molecule has 2 aromatic heterocycles. The van der Waals surface area contributed by atoms with E-state index in [4.69, 9.17) is 0 Å². The van der Waals surface area contributed by atoms with Gasteiger partial charge in [-0.15, -0.1) is 11.3 Å². The van der Waals surface area contributed by atoms with Crippen molar-refractivity contribution in [1.29, 1.82) is 0 Å².